The van der Waals surface area contributed by atoms with Gasteiger partial charge in [0.15, 0.2) is 0 Å². The lowest BCUT2D eigenvalue weighted by Crippen LogP contribution is -2.39. The van der Waals surface area contributed by atoms with Crippen LogP contribution in [0.5, 0.6) is 0 Å². The molecule has 1 aliphatic heterocycles. The number of aliphatic carboxylic acids is 1. The Morgan fingerprint density at radius 3 is 2.52 bits per heavy atom. The fourth-order valence-corrected chi connectivity index (χ4v) is 3.25. The monoisotopic (exact) mass is 309 g/mol. The molecule has 4 nitrogen and oxygen atoms in total. The first-order valence-corrected chi connectivity index (χ1v) is 7.60. The van der Waals surface area contributed by atoms with Crippen LogP contribution in [0.15, 0.2) is 48.5 Å². The molecule has 1 N–H and O–H groups in total. The van der Waals surface area contributed by atoms with Crippen LogP contribution in [0.3, 0.4) is 0 Å². The van der Waals surface area contributed by atoms with Gasteiger partial charge in [-0.25, -0.2) is 0 Å². The average Bonchev–Trinajstić information content (AvgIpc) is 2.69. The van der Waals surface area contributed by atoms with Crippen LogP contribution in [-0.2, 0) is 21.5 Å². The number of anilines is 1. The normalized spacial score (nSPS) is 19.7. The average molecular weight is 309 g/mol. The van der Waals surface area contributed by atoms with E-state index in [1.807, 2.05) is 55.5 Å². The number of hydrogen-bond donors (Lipinski definition) is 1. The molecule has 0 unspecified atom stereocenters. The highest BCUT2D eigenvalue weighted by atomic mass is 16.4. The second-order valence-corrected chi connectivity index (χ2v) is 6.30. The molecule has 1 atom stereocenters. The summed E-state index contributed by atoms with van der Waals surface area (Å²) in [5, 5.41) is 9.24. The highest BCUT2D eigenvalue weighted by Crippen LogP contribution is 2.44. The maximum atomic E-state index is 13.0. The molecule has 1 heterocycles. The molecular weight excluding hydrogens is 290 g/mol. The van der Waals surface area contributed by atoms with Gasteiger partial charge >= 0.3 is 5.97 Å². The Hall–Kier alpha value is -2.62. The molecule has 0 fully saturated rings. The summed E-state index contributed by atoms with van der Waals surface area (Å²) in [5.41, 5.74) is 2.68. The molecule has 0 aromatic heterocycles. The molecule has 1 amide bonds. The zero-order valence-corrected chi connectivity index (χ0v) is 13.2. The molecular formula is C19H19NO3. The number of carbonyl (C=O) groups is 2. The third kappa shape index (κ3) is 2.61. The number of aryl methyl sites for hydroxylation is 1. The summed E-state index contributed by atoms with van der Waals surface area (Å²) in [6.45, 7) is 4.15. The number of carbonyl (C=O) groups excluding carboxylic acids is 1. The summed E-state index contributed by atoms with van der Waals surface area (Å²) in [6, 6.07) is 15.5. The molecule has 0 aliphatic carbocycles. The van der Waals surface area contributed by atoms with Gasteiger partial charge in [-0.2, -0.15) is 0 Å². The van der Waals surface area contributed by atoms with Gasteiger partial charge in [0.1, 0.15) is 0 Å². The molecule has 4 heteroatoms. The Bertz CT molecular complexity index is 769. The van der Waals surface area contributed by atoms with Crippen LogP contribution in [-0.4, -0.2) is 17.0 Å². The van der Waals surface area contributed by atoms with E-state index in [9.17, 15) is 14.7 Å². The van der Waals surface area contributed by atoms with Crippen molar-refractivity contribution in [3.8, 4) is 0 Å². The number of carboxylic acid groups (broad SMARTS) is 1. The molecule has 0 radical (unpaired) electrons. The SMILES string of the molecule is Cc1ccc2c(c1)N(Cc1ccccc1)C(=O)[C@]2(C)CC(=O)O. The Kier molecular flexibility index (Phi) is 3.68. The van der Waals surface area contributed by atoms with Crippen molar-refractivity contribution in [3.05, 3.63) is 65.2 Å². The number of hydrogen-bond acceptors (Lipinski definition) is 2. The van der Waals surface area contributed by atoms with Crippen molar-refractivity contribution in [2.75, 3.05) is 4.90 Å². The molecule has 23 heavy (non-hydrogen) atoms. The fourth-order valence-electron chi connectivity index (χ4n) is 3.25. The highest BCUT2D eigenvalue weighted by Gasteiger charge is 2.48. The van der Waals surface area contributed by atoms with Crippen molar-refractivity contribution in [1.82, 2.24) is 0 Å². The van der Waals surface area contributed by atoms with Crippen LogP contribution < -0.4 is 4.90 Å². The van der Waals surface area contributed by atoms with E-state index in [1.165, 1.54) is 0 Å². The van der Waals surface area contributed by atoms with Gasteiger partial charge in [-0.1, -0.05) is 42.5 Å². The first-order chi connectivity index (χ1) is 10.9. The minimum absolute atomic E-state index is 0.149. The Morgan fingerprint density at radius 1 is 1.17 bits per heavy atom. The quantitative estimate of drug-likeness (QED) is 0.943. The molecule has 118 valence electrons. The summed E-state index contributed by atoms with van der Waals surface area (Å²) in [7, 11) is 0. The van der Waals surface area contributed by atoms with Crippen LogP contribution in [0.25, 0.3) is 0 Å². The van der Waals surface area contributed by atoms with Gasteiger partial charge in [-0.05, 0) is 36.6 Å². The van der Waals surface area contributed by atoms with Crippen molar-refractivity contribution < 1.29 is 14.7 Å². The number of nitrogens with zero attached hydrogens (tertiary/aromatic N) is 1. The largest absolute Gasteiger partial charge is 0.481 e. The Labute approximate surface area is 135 Å². The van der Waals surface area contributed by atoms with Gasteiger partial charge in [0.25, 0.3) is 0 Å². The smallest absolute Gasteiger partial charge is 0.304 e. The topological polar surface area (TPSA) is 57.6 Å². The third-order valence-electron chi connectivity index (χ3n) is 4.44. The van der Waals surface area contributed by atoms with Gasteiger partial charge in [-0.3, -0.25) is 9.59 Å². The molecule has 0 spiro atoms. The second-order valence-electron chi connectivity index (χ2n) is 6.30. The van der Waals surface area contributed by atoms with E-state index in [2.05, 4.69) is 0 Å². The van der Waals surface area contributed by atoms with Gasteiger partial charge < -0.3 is 10.0 Å². The molecule has 0 saturated carbocycles. The number of rotatable bonds is 4. The van der Waals surface area contributed by atoms with Gasteiger partial charge in [0.2, 0.25) is 5.91 Å². The number of carboxylic acids is 1. The summed E-state index contributed by atoms with van der Waals surface area (Å²) in [6.07, 6.45) is -0.201. The maximum absolute atomic E-state index is 13.0. The zero-order valence-electron chi connectivity index (χ0n) is 13.2. The Balaban J connectivity index is 2.06. The number of fused-ring (bicyclic) bond motifs is 1. The second kappa shape index (κ2) is 5.54. The predicted octanol–water partition coefficient (Wildman–Crippen LogP) is 3.27. The molecule has 2 aromatic rings. The predicted molar refractivity (Wildman–Crippen MR) is 88.4 cm³/mol. The van der Waals surface area contributed by atoms with Gasteiger partial charge in [0, 0.05) is 5.69 Å². The summed E-state index contributed by atoms with van der Waals surface area (Å²) in [5.74, 6) is -1.11. The van der Waals surface area contributed by atoms with Gasteiger partial charge in [0.05, 0.1) is 18.4 Å². The minimum atomic E-state index is -1.01. The van der Waals surface area contributed by atoms with E-state index in [0.29, 0.717) is 6.54 Å². The van der Waals surface area contributed by atoms with Crippen molar-refractivity contribution in [3.63, 3.8) is 0 Å². The van der Waals surface area contributed by atoms with E-state index < -0.39 is 11.4 Å². The van der Waals surface area contributed by atoms with E-state index in [4.69, 9.17) is 0 Å². The van der Waals surface area contributed by atoms with Crippen molar-refractivity contribution in [2.24, 2.45) is 0 Å². The van der Waals surface area contributed by atoms with Crippen molar-refractivity contribution in [2.45, 2.75) is 32.2 Å². The zero-order chi connectivity index (χ0) is 16.6. The summed E-state index contributed by atoms with van der Waals surface area (Å²) >= 11 is 0. The van der Waals surface area contributed by atoms with Crippen LogP contribution in [0.2, 0.25) is 0 Å². The molecule has 0 bridgehead atoms. The Morgan fingerprint density at radius 2 is 1.87 bits per heavy atom. The first-order valence-electron chi connectivity index (χ1n) is 7.60. The molecule has 3 rings (SSSR count). The van der Waals surface area contributed by atoms with Crippen molar-refractivity contribution >= 4 is 17.6 Å². The van der Waals surface area contributed by atoms with Crippen LogP contribution in [0.1, 0.15) is 30.0 Å². The lowest BCUT2D eigenvalue weighted by molar-refractivity contribution is -0.141. The highest BCUT2D eigenvalue weighted by molar-refractivity contribution is 6.09. The van der Waals surface area contributed by atoms with Crippen molar-refractivity contribution in [1.29, 1.82) is 0 Å². The van der Waals surface area contributed by atoms with Crippen LogP contribution >= 0.6 is 0 Å². The van der Waals surface area contributed by atoms with Crippen LogP contribution in [0.4, 0.5) is 5.69 Å². The standard InChI is InChI=1S/C19H19NO3/c1-13-8-9-15-16(10-13)20(12-14-6-4-3-5-7-14)18(23)19(15,2)11-17(21)22/h3-10H,11-12H2,1-2H3,(H,21,22)/t19-/m1/s1. The van der Waals surface area contributed by atoms with E-state index in [0.717, 1.165) is 22.4 Å². The minimum Gasteiger partial charge on any atom is -0.481 e. The fraction of sp³-hybridized carbons (Fsp3) is 0.263. The molecule has 2 aromatic carbocycles. The third-order valence-corrected chi connectivity index (χ3v) is 4.44. The lowest BCUT2D eigenvalue weighted by Gasteiger charge is -2.22. The van der Waals surface area contributed by atoms with E-state index >= 15 is 0 Å². The first kappa shape index (κ1) is 15.3. The summed E-state index contributed by atoms with van der Waals surface area (Å²) < 4.78 is 0. The molecule has 0 saturated heterocycles. The molecule has 1 aliphatic rings. The van der Waals surface area contributed by atoms with E-state index in [-0.39, 0.29) is 12.3 Å². The number of benzene rings is 2. The number of amides is 1. The maximum Gasteiger partial charge on any atom is 0.304 e. The summed E-state index contributed by atoms with van der Waals surface area (Å²) in [4.78, 5) is 26.0. The van der Waals surface area contributed by atoms with Crippen LogP contribution in [0, 0.1) is 6.92 Å². The van der Waals surface area contributed by atoms with E-state index in [1.54, 1.807) is 11.8 Å². The van der Waals surface area contributed by atoms with Gasteiger partial charge in [-0.15, -0.1) is 0 Å². The lowest BCUT2D eigenvalue weighted by atomic mass is 9.80.